The first-order chi connectivity index (χ1) is 6.38. The van der Waals surface area contributed by atoms with Crippen molar-refractivity contribution >= 4 is 5.78 Å². The van der Waals surface area contributed by atoms with Crippen molar-refractivity contribution in [1.29, 1.82) is 0 Å². The fraction of sp³-hybridized carbons (Fsp3) is 0.182. The molecule has 1 atom stereocenters. The number of rotatable bonds is 1. The molecule has 2 heteroatoms. The predicted octanol–water partition coefficient (Wildman–Crippen LogP) is 1.46. The molecule has 1 aliphatic heterocycles. The van der Waals surface area contributed by atoms with Crippen molar-refractivity contribution in [3.63, 3.8) is 0 Å². The lowest BCUT2D eigenvalue weighted by atomic mass is 10.0. The van der Waals surface area contributed by atoms with Crippen molar-refractivity contribution in [1.82, 2.24) is 5.32 Å². The average molecular weight is 173 g/mol. The minimum atomic E-state index is -0.147. The highest BCUT2D eigenvalue weighted by Crippen LogP contribution is 2.15. The summed E-state index contributed by atoms with van der Waals surface area (Å²) in [4.78, 5) is 11.4. The molecule has 0 aromatic heterocycles. The zero-order valence-corrected chi connectivity index (χ0v) is 7.23. The Hall–Kier alpha value is -1.41. The normalized spacial score (nSPS) is 21.8. The van der Waals surface area contributed by atoms with Crippen molar-refractivity contribution < 1.29 is 4.79 Å². The van der Waals surface area contributed by atoms with E-state index in [0.29, 0.717) is 0 Å². The number of carbonyl (C=O) groups excluding carboxylic acids is 1. The van der Waals surface area contributed by atoms with Crippen molar-refractivity contribution in [3.8, 4) is 0 Å². The number of nitrogens with one attached hydrogen (secondary N) is 1. The van der Waals surface area contributed by atoms with Crippen LogP contribution >= 0.6 is 0 Å². The van der Waals surface area contributed by atoms with Gasteiger partial charge in [0.05, 0.1) is 6.04 Å². The lowest BCUT2D eigenvalue weighted by Gasteiger charge is -2.18. The van der Waals surface area contributed by atoms with E-state index in [4.69, 9.17) is 0 Å². The minimum Gasteiger partial charge on any atom is -0.300 e. The van der Waals surface area contributed by atoms with Gasteiger partial charge in [-0.15, -0.1) is 0 Å². The molecule has 2 nitrogen and oxygen atoms in total. The maximum atomic E-state index is 11.4. The molecule has 1 N–H and O–H groups in total. The van der Waals surface area contributed by atoms with Crippen LogP contribution in [0.1, 0.15) is 11.6 Å². The summed E-state index contributed by atoms with van der Waals surface area (Å²) < 4.78 is 0. The van der Waals surface area contributed by atoms with Gasteiger partial charge in [-0.25, -0.2) is 0 Å². The fourth-order valence-electron chi connectivity index (χ4n) is 1.49. The molecule has 0 bridgehead atoms. The van der Waals surface area contributed by atoms with Crippen LogP contribution in [0.3, 0.4) is 0 Å². The Balaban J connectivity index is 2.27. The maximum Gasteiger partial charge on any atom is 0.176 e. The molecule has 1 heterocycles. The Labute approximate surface area is 77.3 Å². The second kappa shape index (κ2) is 3.54. The predicted molar refractivity (Wildman–Crippen MR) is 51.3 cm³/mol. The molecule has 0 fully saturated rings. The number of ketones is 1. The van der Waals surface area contributed by atoms with Gasteiger partial charge >= 0.3 is 0 Å². The maximum absolute atomic E-state index is 11.4. The highest BCUT2D eigenvalue weighted by Gasteiger charge is 2.18. The lowest BCUT2D eigenvalue weighted by molar-refractivity contribution is -0.116. The van der Waals surface area contributed by atoms with Crippen LogP contribution in [-0.2, 0) is 4.79 Å². The van der Waals surface area contributed by atoms with Crippen LogP contribution in [0.5, 0.6) is 0 Å². The molecular weight excluding hydrogens is 162 g/mol. The van der Waals surface area contributed by atoms with Gasteiger partial charge in [-0.05, 0) is 11.6 Å². The first kappa shape index (κ1) is 8.20. The molecule has 0 amide bonds. The monoisotopic (exact) mass is 173 g/mol. The van der Waals surface area contributed by atoms with E-state index in [2.05, 4.69) is 5.32 Å². The molecule has 1 aliphatic rings. The number of hydrogen-bond acceptors (Lipinski definition) is 2. The molecule has 1 unspecified atom stereocenters. The topological polar surface area (TPSA) is 29.1 Å². The van der Waals surface area contributed by atoms with Crippen molar-refractivity contribution in [2.75, 3.05) is 6.54 Å². The molecule has 1 aromatic carbocycles. The quantitative estimate of drug-likeness (QED) is 0.696. The molecule has 0 saturated heterocycles. The van der Waals surface area contributed by atoms with Gasteiger partial charge in [-0.3, -0.25) is 10.1 Å². The van der Waals surface area contributed by atoms with E-state index in [1.807, 2.05) is 36.4 Å². The molecule has 2 rings (SSSR count). The van der Waals surface area contributed by atoms with Gasteiger partial charge in [-0.1, -0.05) is 36.4 Å². The van der Waals surface area contributed by atoms with Gasteiger partial charge in [0.25, 0.3) is 0 Å². The summed E-state index contributed by atoms with van der Waals surface area (Å²) in [7, 11) is 0. The van der Waals surface area contributed by atoms with Crippen LogP contribution in [0, 0.1) is 0 Å². The van der Waals surface area contributed by atoms with Crippen molar-refractivity contribution in [3.05, 3.63) is 48.0 Å². The van der Waals surface area contributed by atoms with E-state index in [9.17, 15) is 4.79 Å². The number of carbonyl (C=O) groups is 1. The largest absolute Gasteiger partial charge is 0.300 e. The van der Waals surface area contributed by atoms with Gasteiger partial charge in [-0.2, -0.15) is 0 Å². The Morgan fingerprint density at radius 3 is 2.69 bits per heavy atom. The summed E-state index contributed by atoms with van der Waals surface area (Å²) in [6, 6.07) is 9.63. The Kier molecular flexibility index (Phi) is 2.23. The summed E-state index contributed by atoms with van der Waals surface area (Å²) >= 11 is 0. The van der Waals surface area contributed by atoms with Gasteiger partial charge in [0.15, 0.2) is 5.78 Å². The van der Waals surface area contributed by atoms with E-state index in [1.165, 1.54) is 0 Å². The van der Waals surface area contributed by atoms with Gasteiger partial charge < -0.3 is 0 Å². The third-order valence-corrected chi connectivity index (χ3v) is 2.14. The van der Waals surface area contributed by atoms with E-state index >= 15 is 0 Å². The SMILES string of the molecule is O=C1C=CCNC1c1ccccc1. The molecular formula is C11H11NO. The summed E-state index contributed by atoms with van der Waals surface area (Å²) in [6.45, 7) is 0.769. The smallest absolute Gasteiger partial charge is 0.176 e. The molecule has 66 valence electrons. The number of benzene rings is 1. The van der Waals surface area contributed by atoms with Crippen molar-refractivity contribution in [2.24, 2.45) is 0 Å². The molecule has 0 spiro atoms. The van der Waals surface area contributed by atoms with Crippen LogP contribution in [0.4, 0.5) is 0 Å². The Morgan fingerprint density at radius 1 is 1.23 bits per heavy atom. The highest BCUT2D eigenvalue weighted by molar-refractivity contribution is 5.95. The lowest BCUT2D eigenvalue weighted by Crippen LogP contribution is -2.30. The molecule has 0 radical (unpaired) electrons. The van der Waals surface area contributed by atoms with Crippen LogP contribution < -0.4 is 5.32 Å². The Bertz CT molecular complexity index is 329. The van der Waals surface area contributed by atoms with E-state index in [-0.39, 0.29) is 11.8 Å². The van der Waals surface area contributed by atoms with Crippen LogP contribution in [0.2, 0.25) is 0 Å². The Morgan fingerprint density at radius 2 is 2.00 bits per heavy atom. The summed E-state index contributed by atoms with van der Waals surface area (Å²) in [5.74, 6) is 0.137. The second-order valence-corrected chi connectivity index (χ2v) is 3.06. The average Bonchev–Trinajstić information content (AvgIpc) is 2.20. The third-order valence-electron chi connectivity index (χ3n) is 2.14. The second-order valence-electron chi connectivity index (χ2n) is 3.06. The zero-order valence-electron chi connectivity index (χ0n) is 7.23. The summed E-state index contributed by atoms with van der Waals surface area (Å²) in [6.07, 6.45) is 3.50. The van der Waals surface area contributed by atoms with Crippen LogP contribution in [0.25, 0.3) is 0 Å². The standard InChI is InChI=1S/C11H11NO/c13-10-7-4-8-12-11(10)9-5-2-1-3-6-9/h1-7,11-12H,8H2. The van der Waals surface area contributed by atoms with Gasteiger partial charge in [0, 0.05) is 6.54 Å². The summed E-state index contributed by atoms with van der Waals surface area (Å²) in [5.41, 5.74) is 1.04. The van der Waals surface area contributed by atoms with Gasteiger partial charge in [0.1, 0.15) is 0 Å². The first-order valence-electron chi connectivity index (χ1n) is 4.36. The highest BCUT2D eigenvalue weighted by atomic mass is 16.1. The number of hydrogen-bond donors (Lipinski definition) is 1. The van der Waals surface area contributed by atoms with Crippen LogP contribution in [0.15, 0.2) is 42.5 Å². The van der Waals surface area contributed by atoms with E-state index in [0.717, 1.165) is 12.1 Å². The molecule has 0 aliphatic carbocycles. The van der Waals surface area contributed by atoms with Gasteiger partial charge in [0.2, 0.25) is 0 Å². The van der Waals surface area contributed by atoms with E-state index in [1.54, 1.807) is 6.08 Å². The third kappa shape index (κ3) is 1.68. The van der Waals surface area contributed by atoms with Crippen LogP contribution in [-0.4, -0.2) is 12.3 Å². The first-order valence-corrected chi connectivity index (χ1v) is 4.36. The van der Waals surface area contributed by atoms with Crippen molar-refractivity contribution in [2.45, 2.75) is 6.04 Å². The fourth-order valence-corrected chi connectivity index (χ4v) is 1.49. The zero-order chi connectivity index (χ0) is 9.10. The molecule has 13 heavy (non-hydrogen) atoms. The molecule has 1 aromatic rings. The minimum absolute atomic E-state index is 0.137. The molecule has 0 saturated carbocycles. The summed E-state index contributed by atoms with van der Waals surface area (Å²) in [5, 5.41) is 3.15. The van der Waals surface area contributed by atoms with E-state index < -0.39 is 0 Å².